The Balaban J connectivity index is 1.83. The quantitative estimate of drug-likeness (QED) is 0.752. The minimum absolute atomic E-state index is 0.394. The van der Waals surface area contributed by atoms with Crippen LogP contribution in [0.15, 0.2) is 36.8 Å². The van der Waals surface area contributed by atoms with Crippen LogP contribution in [0.5, 0.6) is 5.75 Å². The van der Waals surface area contributed by atoms with E-state index in [1.165, 1.54) is 6.33 Å². The molecule has 3 rings (SSSR count). The monoisotopic (exact) mass is 308 g/mol. The number of methoxy groups -OCH3 is 1. The van der Waals surface area contributed by atoms with Crippen LogP contribution in [0.3, 0.4) is 0 Å². The van der Waals surface area contributed by atoms with Gasteiger partial charge in [0.1, 0.15) is 17.9 Å². The van der Waals surface area contributed by atoms with Gasteiger partial charge in [-0.15, -0.1) is 0 Å². The summed E-state index contributed by atoms with van der Waals surface area (Å²) in [5, 5.41) is 17.1. The summed E-state index contributed by atoms with van der Waals surface area (Å²) in [4.78, 5) is 8.55. The first-order valence-electron chi connectivity index (χ1n) is 7.22. The minimum atomic E-state index is 0.394. The van der Waals surface area contributed by atoms with Gasteiger partial charge in [-0.3, -0.25) is 0 Å². The molecule has 7 nitrogen and oxygen atoms in total. The van der Waals surface area contributed by atoms with Crippen molar-refractivity contribution in [1.29, 1.82) is 5.26 Å². The van der Waals surface area contributed by atoms with Gasteiger partial charge >= 0.3 is 0 Å². The van der Waals surface area contributed by atoms with Crippen LogP contribution in [0.4, 0.5) is 5.82 Å². The molecule has 2 aromatic heterocycles. The lowest BCUT2D eigenvalue weighted by molar-refractivity contribution is 0.410. The summed E-state index contributed by atoms with van der Waals surface area (Å²) >= 11 is 0. The Hall–Kier alpha value is -3.14. The molecule has 0 saturated heterocycles. The van der Waals surface area contributed by atoms with Gasteiger partial charge in [0.2, 0.25) is 0 Å². The lowest BCUT2D eigenvalue weighted by Gasteiger charge is -2.10. The Kier molecular flexibility index (Phi) is 4.34. The van der Waals surface area contributed by atoms with Gasteiger partial charge in [0, 0.05) is 12.1 Å². The molecule has 0 atom stereocenters. The van der Waals surface area contributed by atoms with E-state index in [4.69, 9.17) is 10.00 Å². The van der Waals surface area contributed by atoms with Crippen LogP contribution in [0.25, 0.3) is 11.0 Å². The van der Waals surface area contributed by atoms with Crippen LogP contribution in [-0.4, -0.2) is 26.9 Å². The molecule has 0 bridgehead atoms. The maximum Gasteiger partial charge on any atom is 0.163 e. The van der Waals surface area contributed by atoms with Crippen molar-refractivity contribution >= 4 is 16.9 Å². The number of rotatable bonds is 6. The number of hydrogen-bond donors (Lipinski definition) is 1. The topological polar surface area (TPSA) is 88.7 Å². The molecule has 0 unspecified atom stereocenters. The number of nitriles is 1. The summed E-state index contributed by atoms with van der Waals surface area (Å²) in [6, 6.07) is 9.94. The van der Waals surface area contributed by atoms with E-state index in [1.54, 1.807) is 18.0 Å². The molecular formula is C16H16N6O. The highest BCUT2D eigenvalue weighted by Gasteiger charge is 2.10. The number of fused-ring (bicyclic) bond motifs is 1. The third-order valence-electron chi connectivity index (χ3n) is 3.51. The Morgan fingerprint density at radius 1 is 1.30 bits per heavy atom. The lowest BCUT2D eigenvalue weighted by atomic mass is 10.2. The summed E-state index contributed by atoms with van der Waals surface area (Å²) in [5.41, 5.74) is 1.76. The van der Waals surface area contributed by atoms with Crippen molar-refractivity contribution in [3.63, 3.8) is 0 Å². The van der Waals surface area contributed by atoms with Crippen LogP contribution in [-0.2, 0) is 13.1 Å². The van der Waals surface area contributed by atoms with Gasteiger partial charge in [0.15, 0.2) is 5.65 Å². The highest BCUT2D eigenvalue weighted by atomic mass is 16.5. The van der Waals surface area contributed by atoms with E-state index in [-0.39, 0.29) is 0 Å². The smallest absolute Gasteiger partial charge is 0.163 e. The largest absolute Gasteiger partial charge is 0.496 e. The zero-order chi connectivity index (χ0) is 16.1. The molecule has 0 saturated carbocycles. The molecule has 0 aliphatic carbocycles. The molecule has 1 N–H and O–H groups in total. The lowest BCUT2D eigenvalue weighted by Crippen LogP contribution is -2.05. The van der Waals surface area contributed by atoms with Crippen LogP contribution in [0.2, 0.25) is 0 Å². The molecule has 0 spiro atoms. The maximum absolute atomic E-state index is 8.70. The highest BCUT2D eigenvalue weighted by molar-refractivity contribution is 5.86. The van der Waals surface area contributed by atoms with Crippen LogP contribution in [0, 0.1) is 11.3 Å². The van der Waals surface area contributed by atoms with E-state index in [2.05, 4.69) is 26.5 Å². The van der Waals surface area contributed by atoms with Gasteiger partial charge < -0.3 is 10.1 Å². The second-order valence-corrected chi connectivity index (χ2v) is 4.90. The average Bonchev–Trinajstić information content (AvgIpc) is 3.02. The summed E-state index contributed by atoms with van der Waals surface area (Å²) in [6.45, 7) is 1.10. The Bertz CT molecular complexity index is 851. The normalized spacial score (nSPS) is 10.4. The van der Waals surface area contributed by atoms with Crippen LogP contribution >= 0.6 is 0 Å². The van der Waals surface area contributed by atoms with E-state index in [1.807, 2.05) is 24.3 Å². The standard InChI is InChI=1S/C16H16N6O/c1-23-14-6-3-2-5-12(14)9-18-15-13-10-21-22(8-4-7-17)16(13)20-11-19-15/h2-3,5-6,10-11H,4,8-9H2,1H3,(H,18,19,20). The molecule has 0 aliphatic heterocycles. The molecule has 3 aromatic rings. The number of hydrogen-bond acceptors (Lipinski definition) is 6. The second-order valence-electron chi connectivity index (χ2n) is 4.90. The van der Waals surface area contributed by atoms with E-state index in [0.29, 0.717) is 25.3 Å². The van der Waals surface area contributed by atoms with E-state index in [0.717, 1.165) is 22.3 Å². The van der Waals surface area contributed by atoms with Crippen LogP contribution in [0.1, 0.15) is 12.0 Å². The van der Waals surface area contributed by atoms with Gasteiger partial charge in [-0.1, -0.05) is 18.2 Å². The molecule has 23 heavy (non-hydrogen) atoms. The maximum atomic E-state index is 8.70. The predicted molar refractivity (Wildman–Crippen MR) is 85.9 cm³/mol. The van der Waals surface area contributed by atoms with Gasteiger partial charge in [-0.2, -0.15) is 10.4 Å². The molecule has 0 amide bonds. The summed E-state index contributed by atoms with van der Waals surface area (Å²) < 4.78 is 7.07. The van der Waals surface area contributed by atoms with Gasteiger partial charge in [0.05, 0.1) is 37.7 Å². The zero-order valence-corrected chi connectivity index (χ0v) is 12.7. The van der Waals surface area contributed by atoms with Crippen molar-refractivity contribution in [3.05, 3.63) is 42.4 Å². The fourth-order valence-corrected chi connectivity index (χ4v) is 2.38. The van der Waals surface area contributed by atoms with Crippen molar-refractivity contribution in [2.75, 3.05) is 12.4 Å². The van der Waals surface area contributed by atoms with Gasteiger partial charge in [-0.25, -0.2) is 14.6 Å². The van der Waals surface area contributed by atoms with E-state index in [9.17, 15) is 0 Å². The fraction of sp³-hybridized carbons (Fsp3) is 0.250. The number of benzene rings is 1. The first kappa shape index (κ1) is 14.8. The number of nitrogens with zero attached hydrogens (tertiary/aromatic N) is 5. The first-order valence-corrected chi connectivity index (χ1v) is 7.22. The summed E-state index contributed by atoms with van der Waals surface area (Å²) in [7, 11) is 1.65. The number of aromatic nitrogens is 4. The SMILES string of the molecule is COc1ccccc1CNc1ncnc2c1cnn2CCC#N. The van der Waals surface area contributed by atoms with Gasteiger partial charge in [0.25, 0.3) is 0 Å². The second kappa shape index (κ2) is 6.75. The number of anilines is 1. The predicted octanol–water partition coefficient (Wildman–Crippen LogP) is 2.36. The fourth-order valence-electron chi connectivity index (χ4n) is 2.38. The molecule has 0 fully saturated rings. The van der Waals surface area contributed by atoms with E-state index >= 15 is 0 Å². The van der Waals surface area contributed by atoms with Crippen molar-refractivity contribution in [3.8, 4) is 11.8 Å². The van der Waals surface area contributed by atoms with Crippen molar-refractivity contribution < 1.29 is 4.74 Å². The molecular weight excluding hydrogens is 292 g/mol. The summed E-state index contributed by atoms with van der Waals surface area (Å²) in [5.74, 6) is 1.54. The molecule has 0 radical (unpaired) electrons. The Morgan fingerprint density at radius 2 is 2.17 bits per heavy atom. The first-order chi connectivity index (χ1) is 11.3. The number of nitrogens with one attached hydrogen (secondary N) is 1. The van der Waals surface area contributed by atoms with E-state index < -0.39 is 0 Å². The molecule has 7 heteroatoms. The molecule has 116 valence electrons. The third kappa shape index (κ3) is 3.06. The van der Waals surface area contributed by atoms with Crippen LogP contribution < -0.4 is 10.1 Å². The minimum Gasteiger partial charge on any atom is -0.496 e. The number of aryl methyl sites for hydroxylation is 1. The third-order valence-corrected chi connectivity index (χ3v) is 3.51. The van der Waals surface area contributed by atoms with Crippen molar-refractivity contribution in [2.24, 2.45) is 0 Å². The molecule has 1 aromatic carbocycles. The van der Waals surface area contributed by atoms with Crippen molar-refractivity contribution in [1.82, 2.24) is 19.7 Å². The zero-order valence-electron chi connectivity index (χ0n) is 12.7. The summed E-state index contributed by atoms with van der Waals surface area (Å²) in [6.07, 6.45) is 3.61. The van der Waals surface area contributed by atoms with Crippen molar-refractivity contribution in [2.45, 2.75) is 19.5 Å². The Labute approximate surface area is 133 Å². The highest BCUT2D eigenvalue weighted by Crippen LogP contribution is 2.22. The molecule has 0 aliphatic rings. The molecule has 2 heterocycles. The average molecular weight is 308 g/mol. The Morgan fingerprint density at radius 3 is 3.00 bits per heavy atom. The number of para-hydroxylation sites is 1. The van der Waals surface area contributed by atoms with Gasteiger partial charge in [-0.05, 0) is 6.07 Å². The number of ether oxygens (including phenoxy) is 1.